The van der Waals surface area contributed by atoms with E-state index in [1.165, 1.54) is 25.0 Å². The van der Waals surface area contributed by atoms with E-state index in [1.54, 1.807) is 0 Å². The number of aliphatic imine (C=N–C) groups is 2. The average molecular weight is 317 g/mol. The van der Waals surface area contributed by atoms with Gasteiger partial charge in [-0.1, -0.05) is 0 Å². The molecule has 1 aliphatic heterocycles. The third kappa shape index (κ3) is 4.71. The smallest absolute Gasteiger partial charge is 0.350 e. The lowest BCUT2D eigenvalue weighted by molar-refractivity contribution is -0.146. The van der Waals surface area contributed by atoms with E-state index < -0.39 is 35.3 Å². The minimum absolute atomic E-state index is 0.0476. The zero-order valence-corrected chi connectivity index (χ0v) is 12.4. The third-order valence-corrected chi connectivity index (χ3v) is 4.39. The van der Waals surface area contributed by atoms with E-state index in [-0.39, 0.29) is 12.1 Å². The fraction of sp³-hybridized carbons (Fsp3) is 0.667. The number of thioether (sulfide) groups is 1. The summed E-state index contributed by atoms with van der Waals surface area (Å²) in [7, 11) is 0. The molecular formula is C12H19N3O5S. The van der Waals surface area contributed by atoms with Gasteiger partial charge in [0, 0.05) is 12.3 Å². The molecule has 0 aromatic rings. The van der Waals surface area contributed by atoms with Crippen molar-refractivity contribution in [3.05, 3.63) is 0 Å². The maximum absolute atomic E-state index is 11.2. The van der Waals surface area contributed by atoms with Crippen molar-refractivity contribution in [2.75, 3.05) is 12.3 Å². The Bertz CT molecular complexity index is 452. The number of aliphatic hydroxyl groups excluding tert-OH is 1. The first-order chi connectivity index (χ1) is 9.88. The van der Waals surface area contributed by atoms with Crippen LogP contribution in [0.1, 0.15) is 13.3 Å². The standard InChI is InChI=1S/C12H19N3O5S/c1-6(16)9(11(17)18)7-4-8(10(15-7)12(19)20)21-3-2-14-5-13/h5-9,16H,2-4H2,1H3,(H2,13,14)(H,17,18)(H,19,20). The predicted molar refractivity (Wildman–Crippen MR) is 80.1 cm³/mol. The van der Waals surface area contributed by atoms with E-state index in [0.29, 0.717) is 12.3 Å². The van der Waals surface area contributed by atoms with Crippen LogP contribution in [0.25, 0.3) is 0 Å². The van der Waals surface area contributed by atoms with Gasteiger partial charge in [-0.25, -0.2) is 4.79 Å². The first-order valence-electron chi connectivity index (χ1n) is 6.42. The molecule has 0 amide bonds. The normalized spacial score (nSPS) is 24.8. The largest absolute Gasteiger partial charge is 0.481 e. The fourth-order valence-electron chi connectivity index (χ4n) is 2.23. The molecule has 1 rings (SSSR count). The van der Waals surface area contributed by atoms with Gasteiger partial charge in [0.1, 0.15) is 11.6 Å². The number of hydrogen-bond acceptors (Lipinski definition) is 6. The Morgan fingerprint density at radius 1 is 1.57 bits per heavy atom. The molecular weight excluding hydrogens is 298 g/mol. The minimum atomic E-state index is -1.18. The Labute approximate surface area is 126 Å². The summed E-state index contributed by atoms with van der Waals surface area (Å²) in [5, 5.41) is 27.5. The molecule has 0 fully saturated rings. The molecule has 118 valence electrons. The summed E-state index contributed by atoms with van der Waals surface area (Å²) >= 11 is 1.35. The summed E-state index contributed by atoms with van der Waals surface area (Å²) in [6, 6.07) is -0.732. The zero-order chi connectivity index (χ0) is 16.0. The molecule has 1 heterocycles. The van der Waals surface area contributed by atoms with Gasteiger partial charge in [-0.15, -0.1) is 11.8 Å². The molecule has 0 aromatic carbocycles. The summed E-state index contributed by atoms with van der Waals surface area (Å²) in [5.41, 5.74) is 5.07. The van der Waals surface area contributed by atoms with Crippen LogP contribution in [0.15, 0.2) is 9.98 Å². The second kappa shape index (κ2) is 7.99. The van der Waals surface area contributed by atoms with Crippen molar-refractivity contribution in [2.45, 2.75) is 30.7 Å². The van der Waals surface area contributed by atoms with E-state index in [2.05, 4.69) is 9.98 Å². The number of nitrogens with zero attached hydrogens (tertiary/aromatic N) is 2. The number of aliphatic hydroxyl groups is 1. The van der Waals surface area contributed by atoms with Crippen molar-refractivity contribution in [2.24, 2.45) is 21.6 Å². The van der Waals surface area contributed by atoms with E-state index in [4.69, 9.17) is 15.9 Å². The highest BCUT2D eigenvalue weighted by Gasteiger charge is 2.41. The SMILES string of the molecule is CC(O)C(C(=O)O)C1CC(SCCN=CN)C(C(=O)O)=N1. The van der Waals surface area contributed by atoms with Gasteiger partial charge in [-0.2, -0.15) is 0 Å². The minimum Gasteiger partial charge on any atom is -0.481 e. The molecule has 8 nitrogen and oxygen atoms in total. The third-order valence-electron chi connectivity index (χ3n) is 3.15. The number of carboxylic acids is 2. The maximum atomic E-state index is 11.2. The van der Waals surface area contributed by atoms with Crippen LogP contribution in [0.2, 0.25) is 0 Å². The Morgan fingerprint density at radius 2 is 2.24 bits per heavy atom. The second-order valence-corrected chi connectivity index (χ2v) is 5.95. The Hall–Kier alpha value is -1.61. The van der Waals surface area contributed by atoms with Crippen LogP contribution in [0.5, 0.6) is 0 Å². The van der Waals surface area contributed by atoms with Gasteiger partial charge in [0.15, 0.2) is 0 Å². The van der Waals surface area contributed by atoms with Crippen LogP contribution in [-0.4, -0.2) is 69.0 Å². The summed E-state index contributed by atoms with van der Waals surface area (Å²) in [6.45, 7) is 1.82. The van der Waals surface area contributed by atoms with Crippen LogP contribution >= 0.6 is 11.8 Å². The van der Waals surface area contributed by atoms with Crippen molar-refractivity contribution in [1.82, 2.24) is 0 Å². The van der Waals surface area contributed by atoms with Crippen LogP contribution in [0.4, 0.5) is 0 Å². The molecule has 21 heavy (non-hydrogen) atoms. The summed E-state index contributed by atoms with van der Waals surface area (Å²) < 4.78 is 0. The van der Waals surface area contributed by atoms with Crippen molar-refractivity contribution < 1.29 is 24.9 Å². The molecule has 0 aromatic heterocycles. The Morgan fingerprint density at radius 3 is 2.71 bits per heavy atom. The summed E-state index contributed by atoms with van der Waals surface area (Å²) in [4.78, 5) is 30.2. The Balaban J connectivity index is 2.79. The molecule has 0 aliphatic carbocycles. The van der Waals surface area contributed by atoms with E-state index >= 15 is 0 Å². The molecule has 1 aliphatic rings. The van der Waals surface area contributed by atoms with E-state index in [0.717, 1.165) is 0 Å². The van der Waals surface area contributed by atoms with Gasteiger partial charge in [0.25, 0.3) is 0 Å². The van der Waals surface area contributed by atoms with E-state index in [1.807, 2.05) is 0 Å². The van der Waals surface area contributed by atoms with Gasteiger partial charge >= 0.3 is 11.9 Å². The molecule has 0 saturated heterocycles. The Kier molecular flexibility index (Phi) is 6.63. The van der Waals surface area contributed by atoms with Crippen LogP contribution in [-0.2, 0) is 9.59 Å². The van der Waals surface area contributed by atoms with Gasteiger partial charge in [0.05, 0.1) is 23.7 Å². The number of carboxylic acid groups (broad SMARTS) is 2. The number of carbonyl (C=O) groups is 2. The van der Waals surface area contributed by atoms with Gasteiger partial charge < -0.3 is 21.1 Å². The van der Waals surface area contributed by atoms with Gasteiger partial charge in [0.2, 0.25) is 0 Å². The van der Waals surface area contributed by atoms with Crippen LogP contribution in [0.3, 0.4) is 0 Å². The van der Waals surface area contributed by atoms with Crippen molar-refractivity contribution in [1.29, 1.82) is 0 Å². The highest BCUT2D eigenvalue weighted by molar-refractivity contribution is 8.00. The lowest BCUT2D eigenvalue weighted by atomic mass is 9.93. The van der Waals surface area contributed by atoms with Crippen molar-refractivity contribution >= 4 is 35.8 Å². The average Bonchev–Trinajstić information content (AvgIpc) is 2.77. The monoisotopic (exact) mass is 317 g/mol. The fourth-order valence-corrected chi connectivity index (χ4v) is 3.38. The highest BCUT2D eigenvalue weighted by Crippen LogP contribution is 2.31. The molecule has 4 unspecified atom stereocenters. The summed E-state index contributed by atoms with van der Waals surface area (Å²) in [5.74, 6) is -2.88. The molecule has 0 saturated carbocycles. The van der Waals surface area contributed by atoms with Crippen LogP contribution in [0, 0.1) is 5.92 Å². The molecule has 9 heteroatoms. The van der Waals surface area contributed by atoms with Gasteiger partial charge in [-0.3, -0.25) is 14.8 Å². The van der Waals surface area contributed by atoms with Crippen molar-refractivity contribution in [3.63, 3.8) is 0 Å². The highest BCUT2D eigenvalue weighted by atomic mass is 32.2. The van der Waals surface area contributed by atoms with Crippen molar-refractivity contribution in [3.8, 4) is 0 Å². The number of rotatable bonds is 8. The molecule has 0 radical (unpaired) electrons. The first-order valence-corrected chi connectivity index (χ1v) is 7.46. The van der Waals surface area contributed by atoms with Gasteiger partial charge in [-0.05, 0) is 13.3 Å². The zero-order valence-electron chi connectivity index (χ0n) is 11.5. The number of nitrogens with two attached hydrogens (primary N) is 1. The van der Waals surface area contributed by atoms with E-state index in [9.17, 15) is 14.7 Å². The first kappa shape index (κ1) is 17.4. The van der Waals surface area contributed by atoms with Crippen LogP contribution < -0.4 is 5.73 Å². The lowest BCUT2D eigenvalue weighted by Gasteiger charge is -2.20. The maximum Gasteiger partial charge on any atom is 0.350 e. The second-order valence-electron chi connectivity index (χ2n) is 4.64. The number of hydrogen-bond donors (Lipinski definition) is 4. The lowest BCUT2D eigenvalue weighted by Crippen LogP contribution is -2.35. The molecule has 4 atom stereocenters. The quantitative estimate of drug-likeness (QED) is 0.267. The topological polar surface area (TPSA) is 146 Å². The number of aliphatic carboxylic acids is 2. The molecule has 0 spiro atoms. The predicted octanol–water partition coefficient (Wildman–Crippen LogP) is -0.545. The summed E-state index contributed by atoms with van der Waals surface area (Å²) in [6.07, 6.45) is 0.357. The molecule has 5 N–H and O–H groups in total. The molecule has 0 bridgehead atoms.